The Bertz CT molecular complexity index is 345. The summed E-state index contributed by atoms with van der Waals surface area (Å²) >= 11 is 1.17. The predicted molar refractivity (Wildman–Crippen MR) is 63.6 cm³/mol. The van der Waals surface area contributed by atoms with Crippen molar-refractivity contribution < 1.29 is 14.3 Å². The number of nitrogen functional groups attached to an aromatic ring is 1. The van der Waals surface area contributed by atoms with E-state index in [1.54, 1.807) is 0 Å². The summed E-state index contributed by atoms with van der Waals surface area (Å²) < 4.78 is 10.1. The lowest BCUT2D eigenvalue weighted by atomic mass is 10.5. The van der Waals surface area contributed by atoms with Crippen molar-refractivity contribution in [2.75, 3.05) is 31.3 Å². The van der Waals surface area contributed by atoms with Crippen molar-refractivity contribution in [2.24, 2.45) is 0 Å². The quantitative estimate of drug-likeness (QED) is 0.397. The lowest BCUT2D eigenvalue weighted by Gasteiger charge is -2.04. The Hall–Kier alpha value is -1.28. The molecule has 0 aliphatic rings. The van der Waals surface area contributed by atoms with Crippen molar-refractivity contribution in [3.63, 3.8) is 0 Å². The number of ether oxygens (including phenoxy) is 2. The number of esters is 1. The number of carbonyl (C=O) groups is 1. The van der Waals surface area contributed by atoms with Crippen LogP contribution in [0.4, 0.5) is 5.95 Å². The summed E-state index contributed by atoms with van der Waals surface area (Å²) in [6, 6.07) is 0. The molecule has 0 aliphatic heterocycles. The van der Waals surface area contributed by atoms with Crippen LogP contribution in [0.3, 0.4) is 0 Å². The van der Waals surface area contributed by atoms with Gasteiger partial charge in [0.25, 0.3) is 0 Å². The molecule has 1 heterocycles. The molecule has 0 spiro atoms. The van der Waals surface area contributed by atoms with Crippen molar-refractivity contribution in [3.8, 4) is 0 Å². The van der Waals surface area contributed by atoms with Crippen LogP contribution in [-0.2, 0) is 14.3 Å². The van der Waals surface area contributed by atoms with E-state index in [1.165, 1.54) is 11.8 Å². The first-order valence-electron chi connectivity index (χ1n) is 5.26. The molecule has 0 bridgehead atoms. The molecule has 0 radical (unpaired) electrons. The van der Waals surface area contributed by atoms with Crippen LogP contribution in [0.25, 0.3) is 0 Å². The van der Waals surface area contributed by atoms with E-state index in [4.69, 9.17) is 15.2 Å². The zero-order valence-corrected chi connectivity index (χ0v) is 10.5. The summed E-state index contributed by atoms with van der Waals surface area (Å²) in [6.45, 7) is 3.40. The average molecular weight is 260 g/mol. The Kier molecular flexibility index (Phi) is 6.41. The molecule has 0 fully saturated rings. The molecule has 3 N–H and O–H groups in total. The predicted octanol–water partition coefficient (Wildman–Crippen LogP) is 0.449. The van der Waals surface area contributed by atoms with Crippen molar-refractivity contribution in [1.82, 2.24) is 15.2 Å². The number of hydrogen-bond acceptors (Lipinski definition) is 7. The Morgan fingerprint density at radius 2 is 2.29 bits per heavy atom. The number of aromatic amines is 1. The molecule has 17 heavy (non-hydrogen) atoms. The van der Waals surface area contributed by atoms with E-state index in [0.717, 1.165) is 6.42 Å². The van der Waals surface area contributed by atoms with E-state index in [9.17, 15) is 4.79 Å². The lowest BCUT2D eigenvalue weighted by Crippen LogP contribution is -2.12. The molecule has 7 nitrogen and oxygen atoms in total. The number of H-pyrrole nitrogens is 1. The monoisotopic (exact) mass is 260 g/mol. The fourth-order valence-corrected chi connectivity index (χ4v) is 1.55. The van der Waals surface area contributed by atoms with Crippen molar-refractivity contribution in [3.05, 3.63) is 0 Å². The topological polar surface area (TPSA) is 103 Å². The number of nitrogens with zero attached hydrogens (tertiary/aromatic N) is 2. The number of aromatic nitrogens is 3. The van der Waals surface area contributed by atoms with Crippen LogP contribution in [-0.4, -0.2) is 46.7 Å². The number of carbonyl (C=O) groups excluding carboxylic acids is 1. The highest BCUT2D eigenvalue weighted by molar-refractivity contribution is 7.99. The number of nitrogens with two attached hydrogens (primary N) is 1. The summed E-state index contributed by atoms with van der Waals surface area (Å²) in [5, 5.41) is 6.69. The highest BCUT2D eigenvalue weighted by atomic mass is 32.2. The van der Waals surface area contributed by atoms with Gasteiger partial charge in [-0.3, -0.25) is 4.79 Å². The summed E-state index contributed by atoms with van der Waals surface area (Å²) in [7, 11) is 0. The molecule has 8 heteroatoms. The maximum atomic E-state index is 11.3. The normalized spacial score (nSPS) is 10.4. The van der Waals surface area contributed by atoms with Crippen molar-refractivity contribution in [2.45, 2.75) is 18.5 Å². The van der Waals surface area contributed by atoms with Gasteiger partial charge in [-0.25, -0.2) is 5.10 Å². The molecule has 1 rings (SSSR count). The minimum Gasteiger partial charge on any atom is -0.463 e. The van der Waals surface area contributed by atoms with Gasteiger partial charge in [0, 0.05) is 6.61 Å². The van der Waals surface area contributed by atoms with Crippen LogP contribution in [0.1, 0.15) is 13.3 Å². The van der Waals surface area contributed by atoms with E-state index < -0.39 is 0 Å². The van der Waals surface area contributed by atoms with E-state index >= 15 is 0 Å². The summed E-state index contributed by atoms with van der Waals surface area (Å²) in [6.07, 6.45) is 0.954. The molecule has 0 saturated heterocycles. The van der Waals surface area contributed by atoms with Gasteiger partial charge in [0.15, 0.2) is 0 Å². The van der Waals surface area contributed by atoms with Gasteiger partial charge >= 0.3 is 5.97 Å². The van der Waals surface area contributed by atoms with E-state index in [0.29, 0.717) is 18.4 Å². The maximum absolute atomic E-state index is 11.3. The summed E-state index contributed by atoms with van der Waals surface area (Å²) in [5.74, 6) is 0.0673. The van der Waals surface area contributed by atoms with Gasteiger partial charge < -0.3 is 15.2 Å². The van der Waals surface area contributed by atoms with Crippen LogP contribution < -0.4 is 5.73 Å². The van der Waals surface area contributed by atoms with Gasteiger partial charge in [0.2, 0.25) is 11.1 Å². The highest BCUT2D eigenvalue weighted by Gasteiger charge is 2.07. The summed E-state index contributed by atoms with van der Waals surface area (Å²) in [5.41, 5.74) is 5.34. The Balaban J connectivity index is 2.05. The van der Waals surface area contributed by atoms with Crippen LogP contribution in [0.15, 0.2) is 5.16 Å². The molecule has 0 aliphatic carbocycles. The first-order chi connectivity index (χ1) is 8.22. The van der Waals surface area contributed by atoms with Crippen molar-refractivity contribution in [1.29, 1.82) is 0 Å². The number of anilines is 1. The van der Waals surface area contributed by atoms with Crippen LogP contribution in [0.5, 0.6) is 0 Å². The van der Waals surface area contributed by atoms with Crippen LogP contribution >= 0.6 is 11.8 Å². The Labute approximate surface area is 103 Å². The second-order valence-electron chi connectivity index (χ2n) is 3.12. The molecular formula is C9H16N4O3S. The number of hydrogen-bond donors (Lipinski definition) is 2. The highest BCUT2D eigenvalue weighted by Crippen LogP contribution is 2.12. The third kappa shape index (κ3) is 6.12. The number of nitrogens with one attached hydrogen (secondary N) is 1. The van der Waals surface area contributed by atoms with E-state index in [-0.39, 0.29) is 24.3 Å². The van der Waals surface area contributed by atoms with Gasteiger partial charge in [-0.2, -0.15) is 4.98 Å². The van der Waals surface area contributed by atoms with Crippen LogP contribution in [0.2, 0.25) is 0 Å². The minimum absolute atomic E-state index is 0.158. The third-order valence-corrected chi connectivity index (χ3v) is 2.46. The first-order valence-corrected chi connectivity index (χ1v) is 6.25. The van der Waals surface area contributed by atoms with Crippen molar-refractivity contribution >= 4 is 23.7 Å². The van der Waals surface area contributed by atoms with Gasteiger partial charge in [0.1, 0.15) is 6.61 Å². The molecule has 0 atom stereocenters. The van der Waals surface area contributed by atoms with Gasteiger partial charge in [-0.15, -0.1) is 5.10 Å². The average Bonchev–Trinajstić information content (AvgIpc) is 2.72. The second-order valence-corrected chi connectivity index (χ2v) is 4.07. The smallest absolute Gasteiger partial charge is 0.316 e. The maximum Gasteiger partial charge on any atom is 0.316 e. The van der Waals surface area contributed by atoms with Gasteiger partial charge in [-0.05, 0) is 6.42 Å². The number of rotatable bonds is 8. The third-order valence-electron chi connectivity index (χ3n) is 1.64. The van der Waals surface area contributed by atoms with E-state index in [2.05, 4.69) is 15.2 Å². The number of thioether (sulfide) groups is 1. The Morgan fingerprint density at radius 1 is 1.47 bits per heavy atom. The van der Waals surface area contributed by atoms with Gasteiger partial charge in [0.05, 0.1) is 12.4 Å². The zero-order valence-electron chi connectivity index (χ0n) is 9.64. The fourth-order valence-electron chi connectivity index (χ4n) is 0.949. The SMILES string of the molecule is CCCOCCOC(=O)CSc1n[nH]c(N)n1. The molecule has 0 amide bonds. The fraction of sp³-hybridized carbons (Fsp3) is 0.667. The second kappa shape index (κ2) is 7.91. The molecular weight excluding hydrogens is 244 g/mol. The van der Waals surface area contributed by atoms with Crippen LogP contribution in [0, 0.1) is 0 Å². The molecule has 96 valence electrons. The molecule has 1 aromatic rings. The molecule has 1 aromatic heterocycles. The summed E-state index contributed by atoms with van der Waals surface area (Å²) in [4.78, 5) is 15.1. The standard InChI is InChI=1S/C9H16N4O3S/c1-2-3-15-4-5-16-7(14)6-17-9-11-8(10)12-13-9/h2-6H2,1H3,(H3,10,11,12,13). The lowest BCUT2D eigenvalue weighted by molar-refractivity contribution is -0.141. The largest absolute Gasteiger partial charge is 0.463 e. The zero-order chi connectivity index (χ0) is 12.5. The first kappa shape index (κ1) is 13.8. The Morgan fingerprint density at radius 3 is 2.94 bits per heavy atom. The molecule has 0 saturated carbocycles. The van der Waals surface area contributed by atoms with Gasteiger partial charge in [-0.1, -0.05) is 18.7 Å². The minimum atomic E-state index is -0.321. The van der Waals surface area contributed by atoms with E-state index in [1.807, 2.05) is 6.92 Å². The molecule has 0 aromatic carbocycles. The molecule has 0 unspecified atom stereocenters.